The van der Waals surface area contributed by atoms with Crippen molar-refractivity contribution in [1.82, 2.24) is 0 Å². The largest absolute Gasteiger partial charge is 0.444 e. The zero-order valence-electron chi connectivity index (χ0n) is 25.2. The van der Waals surface area contributed by atoms with Crippen LogP contribution >= 0.6 is 0 Å². The van der Waals surface area contributed by atoms with E-state index in [1.54, 1.807) is 51.1 Å². The maximum atomic E-state index is 12.0. The standard InChI is InChI=1S/C16H25N3O5S.C11H17N3O3S/c1-16(2,3)24-15(20)17-12-9-13(18-25(4,21)22)11-14(10-12)19-5-7-23-8-6-19;1-18(15,16)13-10-6-9(12)7-11(8-10)14-2-4-17-5-3-14/h9-11,18H,5-8H2,1-4H3,(H,17,20);6-8,13H,2-5,12H2,1H3. The summed E-state index contributed by atoms with van der Waals surface area (Å²) in [4.78, 5) is 16.2. The fourth-order valence-electron chi connectivity index (χ4n) is 4.29. The van der Waals surface area contributed by atoms with E-state index in [0.29, 0.717) is 62.3 Å². The van der Waals surface area contributed by atoms with Gasteiger partial charge < -0.3 is 29.7 Å². The number of nitrogens with one attached hydrogen (secondary N) is 3. The second kappa shape index (κ2) is 14.3. The number of nitrogens with two attached hydrogens (primary N) is 1. The number of ether oxygens (including phenoxy) is 3. The van der Waals surface area contributed by atoms with Gasteiger partial charge in [-0.05, 0) is 57.2 Å². The van der Waals surface area contributed by atoms with Crippen molar-refractivity contribution in [2.75, 3.05) is 95.4 Å². The first-order valence-electron chi connectivity index (χ1n) is 13.6. The number of nitrogen functional groups attached to an aromatic ring is 1. The van der Waals surface area contributed by atoms with Gasteiger partial charge in [-0.25, -0.2) is 21.6 Å². The number of nitrogens with zero attached hydrogens (tertiary/aromatic N) is 2. The molecule has 0 atom stereocenters. The number of sulfonamides is 2. The van der Waals surface area contributed by atoms with Gasteiger partial charge in [0.25, 0.3) is 0 Å². The Labute approximate surface area is 253 Å². The monoisotopic (exact) mass is 642 g/mol. The van der Waals surface area contributed by atoms with E-state index in [0.717, 1.165) is 37.0 Å². The molecule has 2 aromatic rings. The fourth-order valence-corrected chi connectivity index (χ4v) is 5.39. The van der Waals surface area contributed by atoms with Crippen LogP contribution in [0.3, 0.4) is 0 Å². The molecule has 16 heteroatoms. The third-order valence-corrected chi connectivity index (χ3v) is 7.08. The first kappa shape index (κ1) is 34.0. The lowest BCUT2D eigenvalue weighted by Crippen LogP contribution is -2.36. The second-order valence-electron chi connectivity index (χ2n) is 11.2. The normalized spacial score (nSPS) is 16.0. The number of amides is 1. The molecule has 240 valence electrons. The molecular formula is C27H42N6O8S2. The molecule has 2 aromatic carbocycles. The van der Waals surface area contributed by atoms with Gasteiger partial charge in [0, 0.05) is 48.9 Å². The number of anilines is 6. The van der Waals surface area contributed by atoms with Crippen LogP contribution in [0.4, 0.5) is 38.9 Å². The molecule has 43 heavy (non-hydrogen) atoms. The minimum atomic E-state index is -3.44. The minimum absolute atomic E-state index is 0.373. The summed E-state index contributed by atoms with van der Waals surface area (Å²) in [6.45, 7) is 10.8. The van der Waals surface area contributed by atoms with Crippen LogP contribution in [-0.4, -0.2) is 93.6 Å². The Morgan fingerprint density at radius 2 is 1.16 bits per heavy atom. The molecule has 14 nitrogen and oxygen atoms in total. The Hall–Kier alpha value is -3.47. The molecule has 4 rings (SSSR count). The van der Waals surface area contributed by atoms with Crippen molar-refractivity contribution in [3.63, 3.8) is 0 Å². The van der Waals surface area contributed by atoms with E-state index in [1.165, 1.54) is 0 Å². The fraction of sp³-hybridized carbons (Fsp3) is 0.519. The molecule has 2 heterocycles. The molecule has 0 unspecified atom stereocenters. The summed E-state index contributed by atoms with van der Waals surface area (Å²) in [6, 6.07) is 10.3. The molecule has 0 radical (unpaired) electrons. The minimum Gasteiger partial charge on any atom is -0.444 e. The zero-order chi connectivity index (χ0) is 31.8. The number of morpholine rings is 2. The van der Waals surface area contributed by atoms with Gasteiger partial charge >= 0.3 is 6.09 Å². The number of carbonyl (C=O) groups is 1. The van der Waals surface area contributed by atoms with Crippen LogP contribution in [0.5, 0.6) is 0 Å². The predicted molar refractivity (Wildman–Crippen MR) is 170 cm³/mol. The number of rotatable bonds is 7. The summed E-state index contributed by atoms with van der Waals surface area (Å²) in [5.74, 6) is 0. The number of hydrogen-bond donors (Lipinski definition) is 4. The lowest BCUT2D eigenvalue weighted by atomic mass is 10.2. The van der Waals surface area contributed by atoms with E-state index in [2.05, 4.69) is 24.6 Å². The molecule has 2 aliphatic rings. The highest BCUT2D eigenvalue weighted by molar-refractivity contribution is 7.92. The average molecular weight is 643 g/mol. The van der Waals surface area contributed by atoms with Crippen molar-refractivity contribution in [3.8, 4) is 0 Å². The third kappa shape index (κ3) is 12.7. The van der Waals surface area contributed by atoms with Crippen molar-refractivity contribution >= 4 is 60.3 Å². The Morgan fingerprint density at radius 3 is 1.60 bits per heavy atom. The van der Waals surface area contributed by atoms with E-state index < -0.39 is 31.7 Å². The zero-order valence-corrected chi connectivity index (χ0v) is 26.8. The number of benzene rings is 2. The van der Waals surface area contributed by atoms with Crippen molar-refractivity contribution in [3.05, 3.63) is 36.4 Å². The Kier molecular flexibility index (Phi) is 11.3. The summed E-state index contributed by atoms with van der Waals surface area (Å²) < 4.78 is 66.3. The van der Waals surface area contributed by atoms with Crippen LogP contribution in [0.25, 0.3) is 0 Å². The van der Waals surface area contributed by atoms with Crippen LogP contribution in [-0.2, 0) is 34.3 Å². The van der Waals surface area contributed by atoms with Gasteiger partial charge in [-0.15, -0.1) is 0 Å². The van der Waals surface area contributed by atoms with Crippen LogP contribution in [0.15, 0.2) is 36.4 Å². The van der Waals surface area contributed by atoms with Crippen molar-refractivity contribution in [2.45, 2.75) is 26.4 Å². The third-order valence-electron chi connectivity index (χ3n) is 5.86. The SMILES string of the molecule is CC(C)(C)OC(=O)Nc1cc(NS(C)(=O)=O)cc(N2CCOCC2)c1.CS(=O)(=O)Nc1cc(N)cc(N2CCOCC2)c1. The van der Waals surface area contributed by atoms with Gasteiger partial charge in [0.1, 0.15) is 5.60 Å². The van der Waals surface area contributed by atoms with Gasteiger partial charge in [0.05, 0.1) is 50.3 Å². The van der Waals surface area contributed by atoms with Gasteiger partial charge in [-0.2, -0.15) is 0 Å². The quantitative estimate of drug-likeness (QED) is 0.326. The maximum absolute atomic E-state index is 12.0. The highest BCUT2D eigenvalue weighted by Gasteiger charge is 2.19. The van der Waals surface area contributed by atoms with E-state index in [9.17, 15) is 21.6 Å². The summed E-state index contributed by atoms with van der Waals surface area (Å²) in [5, 5.41) is 2.65. The Bertz CT molecular complexity index is 1470. The first-order chi connectivity index (χ1) is 20.0. The predicted octanol–water partition coefficient (Wildman–Crippen LogP) is 2.72. The molecule has 2 fully saturated rings. The molecule has 0 aromatic heterocycles. The summed E-state index contributed by atoms with van der Waals surface area (Å²) >= 11 is 0. The average Bonchev–Trinajstić information content (AvgIpc) is 2.86. The highest BCUT2D eigenvalue weighted by atomic mass is 32.2. The van der Waals surface area contributed by atoms with Crippen LogP contribution < -0.4 is 30.3 Å². The topological polar surface area (TPSA) is 182 Å². The molecule has 1 amide bonds. The number of carbonyl (C=O) groups excluding carboxylic acids is 1. The summed E-state index contributed by atoms with van der Waals surface area (Å²) in [7, 11) is -6.73. The molecular weight excluding hydrogens is 600 g/mol. The van der Waals surface area contributed by atoms with Crippen molar-refractivity contribution in [2.24, 2.45) is 0 Å². The molecule has 2 aliphatic heterocycles. The van der Waals surface area contributed by atoms with Crippen LogP contribution in [0, 0.1) is 0 Å². The molecule has 5 N–H and O–H groups in total. The lowest BCUT2D eigenvalue weighted by Gasteiger charge is -2.29. The smallest absolute Gasteiger partial charge is 0.412 e. The molecule has 0 saturated carbocycles. The van der Waals surface area contributed by atoms with E-state index in [4.69, 9.17) is 19.9 Å². The molecule has 0 spiro atoms. The van der Waals surface area contributed by atoms with Gasteiger partial charge in [-0.1, -0.05) is 0 Å². The first-order valence-corrected chi connectivity index (χ1v) is 17.4. The van der Waals surface area contributed by atoms with Crippen molar-refractivity contribution < 1.29 is 35.8 Å². The van der Waals surface area contributed by atoms with Crippen molar-refractivity contribution in [1.29, 1.82) is 0 Å². The molecule has 0 bridgehead atoms. The van der Waals surface area contributed by atoms with E-state index in [1.807, 2.05) is 6.07 Å². The van der Waals surface area contributed by atoms with Crippen LogP contribution in [0.2, 0.25) is 0 Å². The second-order valence-corrected chi connectivity index (χ2v) is 14.7. The Morgan fingerprint density at radius 1 is 0.744 bits per heavy atom. The van der Waals surface area contributed by atoms with E-state index in [-0.39, 0.29) is 0 Å². The van der Waals surface area contributed by atoms with Gasteiger partial charge in [-0.3, -0.25) is 14.8 Å². The van der Waals surface area contributed by atoms with Gasteiger partial charge in [0.15, 0.2) is 0 Å². The molecule has 2 saturated heterocycles. The molecule has 0 aliphatic carbocycles. The Balaban J connectivity index is 0.000000248. The summed E-state index contributed by atoms with van der Waals surface area (Å²) in [6.07, 6.45) is 1.59. The maximum Gasteiger partial charge on any atom is 0.412 e. The summed E-state index contributed by atoms with van der Waals surface area (Å²) in [5.41, 5.74) is 8.71. The van der Waals surface area contributed by atoms with E-state index >= 15 is 0 Å². The van der Waals surface area contributed by atoms with Crippen LogP contribution in [0.1, 0.15) is 20.8 Å². The highest BCUT2D eigenvalue weighted by Crippen LogP contribution is 2.28. The lowest BCUT2D eigenvalue weighted by molar-refractivity contribution is 0.0636. The number of hydrogen-bond acceptors (Lipinski definition) is 11. The van der Waals surface area contributed by atoms with Gasteiger partial charge in [0.2, 0.25) is 20.0 Å².